The Kier molecular flexibility index (Phi) is 7.03. The van der Waals surface area contributed by atoms with Crippen molar-refractivity contribution in [3.63, 3.8) is 0 Å². The molecule has 110 valence electrons. The Morgan fingerprint density at radius 3 is 2.50 bits per heavy atom. The monoisotopic (exact) mass is 290 g/mol. The van der Waals surface area contributed by atoms with Crippen LogP contribution in [0.25, 0.3) is 0 Å². The first-order chi connectivity index (χ1) is 9.44. The lowest BCUT2D eigenvalue weighted by molar-refractivity contribution is 0.396. The van der Waals surface area contributed by atoms with Gasteiger partial charge in [-0.2, -0.15) is 0 Å². The maximum atomic E-state index is 4.72. The molecule has 0 aliphatic carbocycles. The minimum absolute atomic E-state index is 0.0851. The SMILES string of the molecule is C=CC(CC(=NCc1ccccc1)SC)NC(C)(C)C. The molecule has 0 amide bonds. The fraction of sp³-hybridized carbons (Fsp3) is 0.471. The van der Waals surface area contributed by atoms with E-state index in [1.807, 2.05) is 12.1 Å². The minimum atomic E-state index is 0.0851. The van der Waals surface area contributed by atoms with Gasteiger partial charge in [-0.3, -0.25) is 4.99 Å². The van der Waals surface area contributed by atoms with E-state index in [0.717, 1.165) is 18.0 Å². The maximum absolute atomic E-state index is 4.72. The molecule has 2 nitrogen and oxygen atoms in total. The van der Waals surface area contributed by atoms with Crippen molar-refractivity contribution < 1.29 is 0 Å². The van der Waals surface area contributed by atoms with E-state index in [1.165, 1.54) is 5.56 Å². The summed E-state index contributed by atoms with van der Waals surface area (Å²) in [6, 6.07) is 10.6. The summed E-state index contributed by atoms with van der Waals surface area (Å²) in [6.45, 7) is 11.2. The van der Waals surface area contributed by atoms with Crippen LogP contribution in [-0.4, -0.2) is 22.9 Å². The van der Waals surface area contributed by atoms with Gasteiger partial charge in [-0.05, 0) is 32.6 Å². The van der Waals surface area contributed by atoms with E-state index < -0.39 is 0 Å². The molecule has 0 bridgehead atoms. The third kappa shape index (κ3) is 6.92. The van der Waals surface area contributed by atoms with E-state index >= 15 is 0 Å². The van der Waals surface area contributed by atoms with Crippen LogP contribution in [0, 0.1) is 0 Å². The van der Waals surface area contributed by atoms with Crippen LogP contribution in [0.5, 0.6) is 0 Å². The minimum Gasteiger partial charge on any atom is -0.305 e. The number of aliphatic imine (C=N–C) groups is 1. The van der Waals surface area contributed by atoms with Crippen molar-refractivity contribution in [2.45, 2.75) is 45.3 Å². The number of hydrogen-bond donors (Lipinski definition) is 1. The zero-order chi connectivity index (χ0) is 15.0. The van der Waals surface area contributed by atoms with Crippen molar-refractivity contribution in [2.75, 3.05) is 6.26 Å². The fourth-order valence-electron chi connectivity index (χ4n) is 1.91. The van der Waals surface area contributed by atoms with Gasteiger partial charge >= 0.3 is 0 Å². The highest BCUT2D eigenvalue weighted by atomic mass is 32.2. The summed E-state index contributed by atoms with van der Waals surface area (Å²) in [4.78, 5) is 4.72. The molecule has 1 aromatic carbocycles. The third-order valence-electron chi connectivity index (χ3n) is 2.81. The molecule has 0 aromatic heterocycles. The molecular formula is C17H26N2S. The molecule has 1 rings (SSSR count). The van der Waals surface area contributed by atoms with E-state index in [0.29, 0.717) is 0 Å². The molecule has 1 N–H and O–H groups in total. The maximum Gasteiger partial charge on any atom is 0.0696 e. The molecule has 0 aliphatic heterocycles. The van der Waals surface area contributed by atoms with Gasteiger partial charge in [-0.25, -0.2) is 0 Å². The highest BCUT2D eigenvalue weighted by Gasteiger charge is 2.16. The number of nitrogens with one attached hydrogen (secondary N) is 1. The second-order valence-electron chi connectivity index (χ2n) is 5.84. The normalized spacial score (nSPS) is 14.1. The lowest BCUT2D eigenvalue weighted by Crippen LogP contribution is -2.43. The lowest BCUT2D eigenvalue weighted by atomic mass is 10.1. The standard InChI is InChI=1S/C17H26N2S/c1-6-15(19-17(2,3)4)12-16(20-5)18-13-14-10-8-7-9-11-14/h6-11,15,19H,1,12-13H2,2-5H3. The second kappa shape index (κ2) is 8.28. The summed E-state index contributed by atoms with van der Waals surface area (Å²) in [6.07, 6.45) is 4.95. The Morgan fingerprint density at radius 1 is 1.35 bits per heavy atom. The van der Waals surface area contributed by atoms with Crippen LogP contribution < -0.4 is 5.32 Å². The largest absolute Gasteiger partial charge is 0.305 e. The fourth-order valence-corrected chi connectivity index (χ4v) is 2.45. The number of hydrogen-bond acceptors (Lipinski definition) is 3. The molecule has 1 aromatic rings. The van der Waals surface area contributed by atoms with E-state index in [9.17, 15) is 0 Å². The molecule has 20 heavy (non-hydrogen) atoms. The smallest absolute Gasteiger partial charge is 0.0696 e. The van der Waals surface area contributed by atoms with Crippen LogP contribution in [0.4, 0.5) is 0 Å². The average Bonchev–Trinajstić information content (AvgIpc) is 2.42. The highest BCUT2D eigenvalue weighted by Crippen LogP contribution is 2.12. The van der Waals surface area contributed by atoms with Crippen LogP contribution in [0.1, 0.15) is 32.8 Å². The molecular weight excluding hydrogens is 264 g/mol. The molecule has 0 spiro atoms. The summed E-state index contributed by atoms with van der Waals surface area (Å²) in [5.74, 6) is 0. The zero-order valence-electron chi connectivity index (χ0n) is 13.0. The molecule has 0 aliphatic rings. The molecule has 1 atom stereocenters. The van der Waals surface area contributed by atoms with Gasteiger partial charge in [-0.15, -0.1) is 18.3 Å². The number of rotatable bonds is 6. The molecule has 3 heteroatoms. The quantitative estimate of drug-likeness (QED) is 0.480. The molecule has 0 saturated carbocycles. The predicted octanol–water partition coefficient (Wildman–Crippen LogP) is 4.28. The van der Waals surface area contributed by atoms with Crippen molar-refractivity contribution >= 4 is 16.8 Å². The van der Waals surface area contributed by atoms with Gasteiger partial charge in [0.1, 0.15) is 0 Å². The van der Waals surface area contributed by atoms with Gasteiger partial charge in [0.2, 0.25) is 0 Å². The van der Waals surface area contributed by atoms with Crippen LogP contribution in [0.15, 0.2) is 48.0 Å². The Balaban J connectivity index is 2.63. The second-order valence-corrected chi connectivity index (χ2v) is 6.72. The Bertz CT molecular complexity index is 432. The van der Waals surface area contributed by atoms with Crippen LogP contribution in [-0.2, 0) is 6.54 Å². The van der Waals surface area contributed by atoms with Gasteiger partial charge in [0, 0.05) is 18.0 Å². The van der Waals surface area contributed by atoms with Crippen LogP contribution in [0.3, 0.4) is 0 Å². The number of benzene rings is 1. The van der Waals surface area contributed by atoms with E-state index in [2.05, 4.69) is 63.2 Å². The lowest BCUT2D eigenvalue weighted by Gasteiger charge is -2.26. The first kappa shape index (κ1) is 17.0. The Labute approximate surface area is 127 Å². The van der Waals surface area contributed by atoms with Crippen LogP contribution in [0.2, 0.25) is 0 Å². The van der Waals surface area contributed by atoms with Gasteiger partial charge in [0.05, 0.1) is 11.6 Å². The van der Waals surface area contributed by atoms with Crippen LogP contribution >= 0.6 is 11.8 Å². The van der Waals surface area contributed by atoms with E-state index in [-0.39, 0.29) is 11.6 Å². The van der Waals surface area contributed by atoms with E-state index in [1.54, 1.807) is 11.8 Å². The summed E-state index contributed by atoms with van der Waals surface area (Å²) in [5, 5.41) is 4.72. The molecule has 0 radical (unpaired) electrons. The van der Waals surface area contributed by atoms with Gasteiger partial charge < -0.3 is 5.32 Å². The number of nitrogens with zero attached hydrogens (tertiary/aromatic N) is 1. The molecule has 1 unspecified atom stereocenters. The average molecular weight is 290 g/mol. The first-order valence-corrected chi connectivity index (χ1v) is 8.18. The topological polar surface area (TPSA) is 24.4 Å². The van der Waals surface area contributed by atoms with Gasteiger partial charge in [0.25, 0.3) is 0 Å². The van der Waals surface area contributed by atoms with Crippen molar-refractivity contribution in [3.05, 3.63) is 48.6 Å². The van der Waals surface area contributed by atoms with Gasteiger partial charge in [0.15, 0.2) is 0 Å². The highest BCUT2D eigenvalue weighted by molar-refractivity contribution is 8.13. The predicted molar refractivity (Wildman–Crippen MR) is 92.6 cm³/mol. The van der Waals surface area contributed by atoms with Crippen molar-refractivity contribution in [3.8, 4) is 0 Å². The zero-order valence-corrected chi connectivity index (χ0v) is 13.8. The molecule has 0 heterocycles. The summed E-state index contributed by atoms with van der Waals surface area (Å²) >= 11 is 1.72. The summed E-state index contributed by atoms with van der Waals surface area (Å²) in [7, 11) is 0. The van der Waals surface area contributed by atoms with Gasteiger partial charge in [-0.1, -0.05) is 36.4 Å². The summed E-state index contributed by atoms with van der Waals surface area (Å²) < 4.78 is 0. The number of thioether (sulfide) groups is 1. The van der Waals surface area contributed by atoms with Crippen molar-refractivity contribution in [1.82, 2.24) is 5.32 Å². The molecule has 0 fully saturated rings. The van der Waals surface area contributed by atoms with Crippen molar-refractivity contribution in [2.24, 2.45) is 4.99 Å². The molecule has 0 saturated heterocycles. The Morgan fingerprint density at radius 2 is 2.00 bits per heavy atom. The van der Waals surface area contributed by atoms with E-state index in [4.69, 9.17) is 4.99 Å². The van der Waals surface area contributed by atoms with Crippen molar-refractivity contribution in [1.29, 1.82) is 0 Å². The third-order valence-corrected chi connectivity index (χ3v) is 3.58. The first-order valence-electron chi connectivity index (χ1n) is 6.96. The Hall–Kier alpha value is -1.06. The summed E-state index contributed by atoms with van der Waals surface area (Å²) in [5.41, 5.74) is 1.33.